The summed E-state index contributed by atoms with van der Waals surface area (Å²) >= 11 is 0. The second-order valence-electron chi connectivity index (χ2n) is 10.8. The Hall–Kier alpha value is -4.13. The summed E-state index contributed by atoms with van der Waals surface area (Å²) in [4.78, 5) is 14.9. The van der Waals surface area contributed by atoms with Gasteiger partial charge in [-0.1, -0.05) is 103 Å². The molecule has 0 amide bonds. The van der Waals surface area contributed by atoms with Crippen molar-refractivity contribution in [2.24, 2.45) is 0 Å². The Labute approximate surface area is 230 Å². The maximum Gasteiger partial charge on any atom is 0.495 e. The minimum atomic E-state index is -0.563. The molecule has 192 valence electrons. The van der Waals surface area contributed by atoms with Gasteiger partial charge in [0.25, 0.3) is 0 Å². The van der Waals surface area contributed by atoms with Gasteiger partial charge in [0.15, 0.2) is 17.5 Å². The molecule has 0 saturated carbocycles. The molecule has 6 heteroatoms. The van der Waals surface area contributed by atoms with Gasteiger partial charge in [-0.2, -0.15) is 0 Å². The highest BCUT2D eigenvalue weighted by molar-refractivity contribution is 6.63. The SMILES string of the molecule is CC1(C)OB(c2ccc(-c3ccccc3)cc2-c2nc(-c3ccccc3)nc(-c3ccccc3)n2)OC1(C)C. The molecule has 0 bridgehead atoms. The average Bonchev–Trinajstić information content (AvgIpc) is 3.20. The van der Waals surface area contributed by atoms with E-state index in [0.29, 0.717) is 17.5 Å². The molecule has 4 aromatic carbocycles. The number of hydrogen-bond acceptors (Lipinski definition) is 5. The summed E-state index contributed by atoms with van der Waals surface area (Å²) in [5, 5.41) is 0. The maximum absolute atomic E-state index is 6.49. The van der Waals surface area contributed by atoms with Crippen molar-refractivity contribution < 1.29 is 9.31 Å². The Morgan fingerprint density at radius 3 is 1.41 bits per heavy atom. The van der Waals surface area contributed by atoms with Crippen molar-refractivity contribution in [1.29, 1.82) is 0 Å². The molecule has 1 aliphatic heterocycles. The van der Waals surface area contributed by atoms with E-state index < -0.39 is 18.3 Å². The van der Waals surface area contributed by atoms with Crippen LogP contribution in [0.3, 0.4) is 0 Å². The van der Waals surface area contributed by atoms with Crippen LogP contribution in [0.1, 0.15) is 27.7 Å². The quantitative estimate of drug-likeness (QED) is 0.242. The minimum absolute atomic E-state index is 0.476. The van der Waals surface area contributed by atoms with E-state index in [-0.39, 0.29) is 0 Å². The lowest BCUT2D eigenvalue weighted by Crippen LogP contribution is -2.41. The summed E-state index contributed by atoms with van der Waals surface area (Å²) in [5.41, 5.74) is 4.81. The summed E-state index contributed by atoms with van der Waals surface area (Å²) in [6.45, 7) is 8.26. The van der Waals surface area contributed by atoms with Gasteiger partial charge in [-0.3, -0.25) is 0 Å². The molecule has 6 rings (SSSR count). The molecule has 5 aromatic rings. The van der Waals surface area contributed by atoms with Crippen molar-refractivity contribution in [3.05, 3.63) is 109 Å². The Kier molecular flexibility index (Phi) is 6.38. The van der Waals surface area contributed by atoms with Crippen LogP contribution in [0.25, 0.3) is 45.3 Å². The van der Waals surface area contributed by atoms with Crippen LogP contribution in [-0.4, -0.2) is 33.3 Å². The lowest BCUT2D eigenvalue weighted by molar-refractivity contribution is 0.00578. The zero-order chi connectivity index (χ0) is 27.0. The minimum Gasteiger partial charge on any atom is -0.399 e. The molecule has 0 atom stereocenters. The van der Waals surface area contributed by atoms with Crippen molar-refractivity contribution in [3.63, 3.8) is 0 Å². The highest BCUT2D eigenvalue weighted by atomic mass is 16.7. The van der Waals surface area contributed by atoms with E-state index >= 15 is 0 Å². The van der Waals surface area contributed by atoms with Gasteiger partial charge in [-0.05, 0) is 50.4 Å². The van der Waals surface area contributed by atoms with Crippen LogP contribution in [0.4, 0.5) is 0 Å². The van der Waals surface area contributed by atoms with E-state index in [1.54, 1.807) is 0 Å². The fourth-order valence-corrected chi connectivity index (χ4v) is 4.66. The molecule has 0 radical (unpaired) electrons. The van der Waals surface area contributed by atoms with Crippen molar-refractivity contribution in [3.8, 4) is 45.3 Å². The van der Waals surface area contributed by atoms with Crippen molar-refractivity contribution in [2.45, 2.75) is 38.9 Å². The van der Waals surface area contributed by atoms with E-state index in [1.165, 1.54) is 0 Å². The molecule has 0 spiro atoms. The first-order valence-corrected chi connectivity index (χ1v) is 13.2. The topological polar surface area (TPSA) is 57.1 Å². The van der Waals surface area contributed by atoms with Gasteiger partial charge in [0.2, 0.25) is 0 Å². The molecule has 1 aliphatic rings. The van der Waals surface area contributed by atoms with Crippen LogP contribution < -0.4 is 5.46 Å². The van der Waals surface area contributed by atoms with Crippen LogP contribution in [0, 0.1) is 0 Å². The Balaban J connectivity index is 1.58. The van der Waals surface area contributed by atoms with Crippen LogP contribution >= 0.6 is 0 Å². The number of aromatic nitrogens is 3. The number of rotatable bonds is 5. The summed E-state index contributed by atoms with van der Waals surface area (Å²) in [6.07, 6.45) is 0. The first kappa shape index (κ1) is 25.2. The van der Waals surface area contributed by atoms with Gasteiger partial charge >= 0.3 is 7.12 Å². The Bertz CT molecular complexity index is 1530. The van der Waals surface area contributed by atoms with Gasteiger partial charge in [0.05, 0.1) is 11.2 Å². The summed E-state index contributed by atoms with van der Waals surface area (Å²) < 4.78 is 13.0. The van der Waals surface area contributed by atoms with Crippen LogP contribution in [-0.2, 0) is 9.31 Å². The van der Waals surface area contributed by atoms with E-state index in [1.807, 2.05) is 78.9 Å². The monoisotopic (exact) mass is 511 g/mol. The predicted octanol–water partition coefficient (Wildman–Crippen LogP) is 6.84. The van der Waals surface area contributed by atoms with Gasteiger partial charge in [0, 0.05) is 16.7 Å². The first-order valence-electron chi connectivity index (χ1n) is 13.2. The standard InChI is InChI=1S/C33H30BN3O2/c1-32(2)33(3,4)39-34(38-32)28-21-20-26(23-14-8-5-9-15-23)22-27(28)31-36-29(24-16-10-6-11-17-24)35-30(37-31)25-18-12-7-13-19-25/h5-22H,1-4H3. The van der Waals surface area contributed by atoms with Crippen molar-refractivity contribution in [1.82, 2.24) is 15.0 Å². The number of benzene rings is 4. The molecular formula is C33H30BN3O2. The smallest absolute Gasteiger partial charge is 0.399 e. The third-order valence-electron chi connectivity index (χ3n) is 7.61. The van der Waals surface area contributed by atoms with Gasteiger partial charge < -0.3 is 9.31 Å². The molecule has 0 N–H and O–H groups in total. The van der Waals surface area contributed by atoms with E-state index in [9.17, 15) is 0 Å². The van der Waals surface area contributed by atoms with Crippen LogP contribution in [0.5, 0.6) is 0 Å². The largest absolute Gasteiger partial charge is 0.495 e. The normalized spacial score (nSPS) is 15.8. The number of hydrogen-bond donors (Lipinski definition) is 0. The highest BCUT2D eigenvalue weighted by Gasteiger charge is 2.52. The maximum atomic E-state index is 6.49. The fourth-order valence-electron chi connectivity index (χ4n) is 4.66. The lowest BCUT2D eigenvalue weighted by Gasteiger charge is -2.32. The number of nitrogens with zero attached hydrogens (tertiary/aromatic N) is 3. The molecule has 39 heavy (non-hydrogen) atoms. The first-order chi connectivity index (χ1) is 18.8. The lowest BCUT2D eigenvalue weighted by atomic mass is 9.75. The highest BCUT2D eigenvalue weighted by Crippen LogP contribution is 2.38. The Morgan fingerprint density at radius 1 is 0.487 bits per heavy atom. The summed E-state index contributed by atoms with van der Waals surface area (Å²) in [5.74, 6) is 1.80. The fraction of sp³-hybridized carbons (Fsp3) is 0.182. The van der Waals surface area contributed by atoms with E-state index in [4.69, 9.17) is 24.3 Å². The third kappa shape index (κ3) is 4.89. The molecule has 1 fully saturated rings. The van der Waals surface area contributed by atoms with Gasteiger partial charge in [0.1, 0.15) is 0 Å². The molecular weight excluding hydrogens is 481 g/mol. The molecule has 0 unspecified atom stereocenters. The zero-order valence-electron chi connectivity index (χ0n) is 22.6. The zero-order valence-corrected chi connectivity index (χ0v) is 22.6. The van der Waals surface area contributed by atoms with E-state index in [0.717, 1.165) is 33.3 Å². The summed E-state index contributed by atoms with van der Waals surface area (Å²) in [6, 6.07) is 36.7. The van der Waals surface area contributed by atoms with Crippen molar-refractivity contribution in [2.75, 3.05) is 0 Å². The summed E-state index contributed by atoms with van der Waals surface area (Å²) in [7, 11) is -0.563. The molecule has 1 saturated heterocycles. The molecule has 5 nitrogen and oxygen atoms in total. The van der Waals surface area contributed by atoms with Crippen LogP contribution in [0.15, 0.2) is 109 Å². The Morgan fingerprint density at radius 2 is 0.923 bits per heavy atom. The second kappa shape index (κ2) is 9.88. The van der Waals surface area contributed by atoms with Crippen molar-refractivity contribution >= 4 is 12.6 Å². The average molecular weight is 511 g/mol. The molecule has 0 aliphatic carbocycles. The second-order valence-corrected chi connectivity index (χ2v) is 10.8. The predicted molar refractivity (Wildman–Crippen MR) is 157 cm³/mol. The van der Waals surface area contributed by atoms with Gasteiger partial charge in [-0.15, -0.1) is 0 Å². The van der Waals surface area contributed by atoms with Gasteiger partial charge in [-0.25, -0.2) is 15.0 Å². The van der Waals surface area contributed by atoms with E-state index in [2.05, 4.69) is 58.0 Å². The van der Waals surface area contributed by atoms with Crippen LogP contribution in [0.2, 0.25) is 0 Å². The molecule has 2 heterocycles. The third-order valence-corrected chi connectivity index (χ3v) is 7.61. The molecule has 1 aromatic heterocycles.